The summed E-state index contributed by atoms with van der Waals surface area (Å²) in [5, 5.41) is 0.643. The number of hydrogen-bond donors (Lipinski definition) is 0. The van der Waals surface area contributed by atoms with Gasteiger partial charge >= 0.3 is 0 Å². The first-order chi connectivity index (χ1) is 4.04. The van der Waals surface area contributed by atoms with E-state index in [4.69, 9.17) is 0 Å². The summed E-state index contributed by atoms with van der Waals surface area (Å²) in [4.78, 5) is 0. The molecular weight excluding hydrogens is 124 g/mol. The smallest absolute Gasteiger partial charge is 0.0154 e. The zero-order chi connectivity index (χ0) is 7.07. The van der Waals surface area contributed by atoms with E-state index in [0.717, 1.165) is 0 Å². The Kier molecular flexibility index (Phi) is 1.55. The molecule has 9 heavy (non-hydrogen) atoms. The minimum atomic E-state index is 0.643. The fraction of sp³-hybridized carbons (Fsp3) is 0.750. The second-order valence-corrected chi connectivity index (χ2v) is 6.00. The minimum Gasteiger partial charge on any atom is -0.0742 e. The highest BCUT2D eigenvalue weighted by Crippen LogP contribution is 2.45. The van der Waals surface area contributed by atoms with Crippen LogP contribution in [0, 0.1) is 0 Å². The molecule has 0 spiro atoms. The first-order valence-electron chi connectivity index (χ1n) is 3.71. The van der Waals surface area contributed by atoms with Crippen molar-refractivity contribution in [3.05, 3.63) is 11.1 Å². The van der Waals surface area contributed by atoms with Gasteiger partial charge in [0.25, 0.3) is 0 Å². The van der Waals surface area contributed by atoms with Crippen LogP contribution in [0.2, 0.25) is 5.04 Å². The molecule has 0 aliphatic heterocycles. The van der Waals surface area contributed by atoms with Gasteiger partial charge in [-0.3, -0.25) is 0 Å². The van der Waals surface area contributed by atoms with Crippen molar-refractivity contribution in [2.24, 2.45) is 0 Å². The molecule has 1 rings (SSSR count). The molecule has 52 valence electrons. The van der Waals surface area contributed by atoms with Crippen molar-refractivity contribution in [2.75, 3.05) is 0 Å². The topological polar surface area (TPSA) is 0 Å². The second-order valence-electron chi connectivity index (χ2n) is 3.79. The third kappa shape index (κ3) is 1.11. The van der Waals surface area contributed by atoms with Crippen molar-refractivity contribution in [1.82, 2.24) is 0 Å². The molecule has 0 radical (unpaired) electrons. The predicted octanol–water partition coefficient (Wildman–Crippen LogP) is 1.66. The fourth-order valence-corrected chi connectivity index (χ4v) is 2.13. The second kappa shape index (κ2) is 1.98. The third-order valence-corrected chi connectivity index (χ3v) is 4.03. The van der Waals surface area contributed by atoms with Gasteiger partial charge in [-0.2, -0.15) is 0 Å². The van der Waals surface area contributed by atoms with Gasteiger partial charge in [0.05, 0.1) is 0 Å². The molecule has 1 atom stereocenters. The van der Waals surface area contributed by atoms with Gasteiger partial charge < -0.3 is 0 Å². The molecule has 1 heteroatoms. The van der Waals surface area contributed by atoms with Crippen LogP contribution < -0.4 is 0 Å². The molecule has 0 saturated carbocycles. The largest absolute Gasteiger partial charge is 0.0742 e. The van der Waals surface area contributed by atoms with Crippen molar-refractivity contribution < 1.29 is 0 Å². The zero-order valence-electron chi connectivity index (χ0n) is 6.91. The van der Waals surface area contributed by atoms with Gasteiger partial charge in [0.1, 0.15) is 0 Å². The van der Waals surface area contributed by atoms with Crippen LogP contribution in [0.1, 0.15) is 33.6 Å². The normalized spacial score (nSPS) is 36.3. The van der Waals surface area contributed by atoms with E-state index in [-0.39, 0.29) is 0 Å². The van der Waals surface area contributed by atoms with Gasteiger partial charge in [-0.25, -0.2) is 0 Å². The van der Waals surface area contributed by atoms with Gasteiger partial charge in [-0.15, -0.1) is 0 Å². The lowest BCUT2D eigenvalue weighted by Gasteiger charge is -2.18. The Labute approximate surface area is 60.8 Å². The zero-order valence-corrected chi connectivity index (χ0v) is 8.91. The molecule has 0 aromatic heterocycles. The molecule has 0 nitrogen and oxygen atoms in total. The molecule has 0 aromatic rings. The van der Waals surface area contributed by atoms with Crippen LogP contribution in [-0.4, -0.2) is 10.2 Å². The highest BCUT2D eigenvalue weighted by Gasteiger charge is 2.26. The lowest BCUT2D eigenvalue weighted by atomic mass is 10.0. The summed E-state index contributed by atoms with van der Waals surface area (Å²) >= 11 is 0. The molecule has 1 unspecified atom stereocenters. The molecule has 0 N–H and O–H groups in total. The van der Waals surface area contributed by atoms with Gasteiger partial charge in [0, 0.05) is 10.2 Å². The minimum absolute atomic E-state index is 0.643. The Morgan fingerprint density at radius 2 is 2.00 bits per heavy atom. The maximum absolute atomic E-state index is 2.39. The van der Waals surface area contributed by atoms with E-state index in [1.165, 1.54) is 23.1 Å². The van der Waals surface area contributed by atoms with Gasteiger partial charge in [0.15, 0.2) is 0 Å². The van der Waals surface area contributed by atoms with Crippen molar-refractivity contribution >= 4 is 10.2 Å². The van der Waals surface area contributed by atoms with Crippen LogP contribution in [0.5, 0.6) is 0 Å². The predicted molar refractivity (Wildman–Crippen MR) is 45.9 cm³/mol. The van der Waals surface area contributed by atoms with Crippen LogP contribution in [-0.2, 0) is 0 Å². The van der Waals surface area contributed by atoms with E-state index >= 15 is 0 Å². The molecule has 0 bridgehead atoms. The highest BCUT2D eigenvalue weighted by molar-refractivity contribution is 6.17. The molecule has 0 saturated heterocycles. The average Bonchev–Trinajstić information content (AvgIpc) is 1.97. The Hall–Kier alpha value is -0.0431. The SMILES string of the molecule is CC1=C(C)C(C)([SiH3])CC1. The first-order valence-corrected chi connectivity index (χ1v) is 4.71. The van der Waals surface area contributed by atoms with E-state index in [0.29, 0.717) is 5.04 Å². The summed E-state index contributed by atoms with van der Waals surface area (Å²) < 4.78 is 0. The number of rotatable bonds is 0. The van der Waals surface area contributed by atoms with Crippen molar-refractivity contribution in [1.29, 1.82) is 0 Å². The summed E-state index contributed by atoms with van der Waals surface area (Å²) in [6.45, 7) is 6.97. The quantitative estimate of drug-likeness (QED) is 0.354. The molecular formula is C8H16Si. The molecule has 0 heterocycles. The van der Waals surface area contributed by atoms with E-state index in [1.807, 2.05) is 0 Å². The van der Waals surface area contributed by atoms with Gasteiger partial charge in [-0.05, 0) is 31.7 Å². The van der Waals surface area contributed by atoms with E-state index in [1.54, 1.807) is 11.1 Å². The molecule has 1 aliphatic rings. The highest BCUT2D eigenvalue weighted by atomic mass is 28.1. The number of hydrogen-bond acceptors (Lipinski definition) is 0. The number of allylic oxidation sites excluding steroid dienone is 2. The van der Waals surface area contributed by atoms with Crippen LogP contribution in [0.3, 0.4) is 0 Å². The van der Waals surface area contributed by atoms with E-state index < -0.39 is 0 Å². The van der Waals surface area contributed by atoms with Gasteiger partial charge in [0.2, 0.25) is 0 Å². The van der Waals surface area contributed by atoms with Crippen LogP contribution in [0.4, 0.5) is 0 Å². The standard InChI is InChI=1S/C8H16Si/c1-6-4-5-8(3,9)7(6)2/h4-5H2,1-3,9H3. The Bertz CT molecular complexity index is 154. The van der Waals surface area contributed by atoms with Crippen molar-refractivity contribution in [3.63, 3.8) is 0 Å². The summed E-state index contributed by atoms with van der Waals surface area (Å²) in [5.74, 6) is 0. The lowest BCUT2D eigenvalue weighted by Crippen LogP contribution is -2.03. The molecule has 1 aliphatic carbocycles. The van der Waals surface area contributed by atoms with E-state index in [2.05, 4.69) is 20.8 Å². The average molecular weight is 140 g/mol. The Balaban J connectivity index is 2.88. The monoisotopic (exact) mass is 140 g/mol. The van der Waals surface area contributed by atoms with Gasteiger partial charge in [-0.1, -0.05) is 18.1 Å². The molecule has 0 fully saturated rings. The third-order valence-electron chi connectivity index (χ3n) is 2.78. The maximum atomic E-state index is 2.39. The Morgan fingerprint density at radius 3 is 2.11 bits per heavy atom. The van der Waals surface area contributed by atoms with Crippen LogP contribution >= 0.6 is 0 Å². The molecule has 0 aromatic carbocycles. The summed E-state index contributed by atoms with van der Waals surface area (Å²) in [6.07, 6.45) is 2.77. The summed E-state index contributed by atoms with van der Waals surface area (Å²) in [6, 6.07) is 0. The maximum Gasteiger partial charge on any atom is 0.0154 e. The summed E-state index contributed by atoms with van der Waals surface area (Å²) in [7, 11) is 1.33. The summed E-state index contributed by atoms with van der Waals surface area (Å²) in [5.41, 5.74) is 3.32. The van der Waals surface area contributed by atoms with Crippen LogP contribution in [0.15, 0.2) is 11.1 Å². The first kappa shape index (κ1) is 7.07. The Morgan fingerprint density at radius 1 is 1.44 bits per heavy atom. The van der Waals surface area contributed by atoms with Crippen molar-refractivity contribution in [2.45, 2.75) is 38.7 Å². The van der Waals surface area contributed by atoms with Crippen molar-refractivity contribution in [3.8, 4) is 0 Å². The molecule has 0 amide bonds. The van der Waals surface area contributed by atoms with Crippen LogP contribution in [0.25, 0.3) is 0 Å². The fourth-order valence-electron chi connectivity index (χ4n) is 1.45. The van der Waals surface area contributed by atoms with E-state index in [9.17, 15) is 0 Å². The lowest BCUT2D eigenvalue weighted by molar-refractivity contribution is 0.694.